The van der Waals surface area contributed by atoms with Crippen LogP contribution in [0.25, 0.3) is 10.9 Å². The van der Waals surface area contributed by atoms with Crippen molar-refractivity contribution in [3.8, 4) is 6.07 Å². The molecule has 4 rings (SSSR count). The van der Waals surface area contributed by atoms with Gasteiger partial charge in [0.2, 0.25) is 5.91 Å². The molecule has 1 N–H and O–H groups in total. The van der Waals surface area contributed by atoms with Crippen LogP contribution in [-0.2, 0) is 4.79 Å². The van der Waals surface area contributed by atoms with Crippen molar-refractivity contribution in [2.75, 3.05) is 23.3 Å². The van der Waals surface area contributed by atoms with Crippen molar-refractivity contribution < 1.29 is 4.79 Å². The molecule has 3 heterocycles. The lowest BCUT2D eigenvalue weighted by Crippen LogP contribution is -2.38. The molecule has 2 aromatic heterocycles. The summed E-state index contributed by atoms with van der Waals surface area (Å²) in [4.78, 5) is 23.6. The SMILES string of the molecule is N#Cc1ccc(N2CCC(C(=O)Nc3cccc4cccnc34)CC2)nc1. The summed E-state index contributed by atoms with van der Waals surface area (Å²) in [5.41, 5.74) is 2.12. The molecule has 0 atom stereocenters. The van der Waals surface area contributed by atoms with Crippen LogP contribution >= 0.6 is 0 Å². The fourth-order valence-corrected chi connectivity index (χ4v) is 3.45. The summed E-state index contributed by atoms with van der Waals surface area (Å²) >= 11 is 0. The van der Waals surface area contributed by atoms with Gasteiger partial charge in [0.05, 0.1) is 16.8 Å². The highest BCUT2D eigenvalue weighted by molar-refractivity contribution is 6.01. The van der Waals surface area contributed by atoms with Crippen LogP contribution in [-0.4, -0.2) is 29.0 Å². The van der Waals surface area contributed by atoms with Gasteiger partial charge < -0.3 is 10.2 Å². The summed E-state index contributed by atoms with van der Waals surface area (Å²) in [7, 11) is 0. The first kappa shape index (κ1) is 17.0. The summed E-state index contributed by atoms with van der Waals surface area (Å²) in [6.45, 7) is 1.54. The zero-order chi connectivity index (χ0) is 18.6. The Kier molecular flexibility index (Phi) is 4.67. The minimum absolute atomic E-state index is 0.0291. The number of fused-ring (bicyclic) bond motifs is 1. The second kappa shape index (κ2) is 7.42. The monoisotopic (exact) mass is 357 g/mol. The van der Waals surface area contributed by atoms with E-state index in [-0.39, 0.29) is 11.8 Å². The largest absolute Gasteiger partial charge is 0.357 e. The molecule has 3 aromatic rings. The van der Waals surface area contributed by atoms with Crippen LogP contribution in [0.4, 0.5) is 11.5 Å². The Bertz CT molecular complexity index is 996. The summed E-state index contributed by atoms with van der Waals surface area (Å²) < 4.78 is 0. The fraction of sp³-hybridized carbons (Fsp3) is 0.238. The first-order valence-corrected chi connectivity index (χ1v) is 9.00. The Balaban J connectivity index is 1.40. The van der Waals surface area contributed by atoms with E-state index in [1.807, 2.05) is 36.4 Å². The van der Waals surface area contributed by atoms with Crippen LogP contribution in [0, 0.1) is 17.2 Å². The molecule has 0 unspecified atom stereocenters. The topological polar surface area (TPSA) is 81.9 Å². The molecule has 0 aliphatic carbocycles. The lowest BCUT2D eigenvalue weighted by atomic mass is 9.95. The minimum atomic E-state index is -0.0291. The van der Waals surface area contributed by atoms with Gasteiger partial charge in [-0.15, -0.1) is 0 Å². The zero-order valence-electron chi connectivity index (χ0n) is 14.8. The van der Waals surface area contributed by atoms with E-state index in [4.69, 9.17) is 5.26 Å². The number of para-hydroxylation sites is 1. The molecule has 1 aromatic carbocycles. The molecule has 1 fully saturated rings. The number of hydrogen-bond donors (Lipinski definition) is 1. The van der Waals surface area contributed by atoms with Gasteiger partial charge in [0.1, 0.15) is 11.9 Å². The van der Waals surface area contributed by atoms with Crippen molar-refractivity contribution in [1.29, 1.82) is 5.26 Å². The normalized spacial score (nSPS) is 14.7. The lowest BCUT2D eigenvalue weighted by Gasteiger charge is -2.32. The molecule has 6 nitrogen and oxygen atoms in total. The van der Waals surface area contributed by atoms with Gasteiger partial charge in [-0.3, -0.25) is 9.78 Å². The Morgan fingerprint density at radius 3 is 2.67 bits per heavy atom. The number of aromatic nitrogens is 2. The van der Waals surface area contributed by atoms with E-state index in [0.717, 1.165) is 48.3 Å². The summed E-state index contributed by atoms with van der Waals surface area (Å²) in [5.74, 6) is 0.866. The van der Waals surface area contributed by atoms with E-state index < -0.39 is 0 Å². The molecule has 6 heteroatoms. The van der Waals surface area contributed by atoms with Crippen molar-refractivity contribution in [2.45, 2.75) is 12.8 Å². The molecule has 27 heavy (non-hydrogen) atoms. The van der Waals surface area contributed by atoms with E-state index in [1.165, 1.54) is 0 Å². The van der Waals surface area contributed by atoms with Gasteiger partial charge in [-0.1, -0.05) is 18.2 Å². The third-order valence-electron chi connectivity index (χ3n) is 4.96. The molecule has 0 radical (unpaired) electrons. The van der Waals surface area contributed by atoms with Crippen LogP contribution in [0.3, 0.4) is 0 Å². The van der Waals surface area contributed by atoms with Crippen molar-refractivity contribution >= 4 is 28.3 Å². The molecule has 0 spiro atoms. The summed E-state index contributed by atoms with van der Waals surface area (Å²) in [5, 5.41) is 12.9. The first-order chi connectivity index (χ1) is 13.2. The molecule has 134 valence electrons. The maximum Gasteiger partial charge on any atom is 0.227 e. The number of amides is 1. The van der Waals surface area contributed by atoms with E-state index in [2.05, 4.69) is 26.3 Å². The van der Waals surface area contributed by atoms with Crippen molar-refractivity contribution in [1.82, 2.24) is 9.97 Å². The van der Waals surface area contributed by atoms with Crippen LogP contribution in [0.5, 0.6) is 0 Å². The van der Waals surface area contributed by atoms with Crippen LogP contribution in [0.2, 0.25) is 0 Å². The Hall–Kier alpha value is -3.46. The van der Waals surface area contributed by atoms with E-state index in [9.17, 15) is 4.79 Å². The smallest absolute Gasteiger partial charge is 0.227 e. The molecule has 1 amide bonds. The average Bonchev–Trinajstić information content (AvgIpc) is 2.74. The first-order valence-electron chi connectivity index (χ1n) is 9.00. The van der Waals surface area contributed by atoms with Gasteiger partial charge in [-0.05, 0) is 37.1 Å². The molecule has 1 aliphatic rings. The number of nitrogens with zero attached hydrogens (tertiary/aromatic N) is 4. The predicted octanol–water partition coefficient (Wildman–Crippen LogP) is 3.36. The molecular weight excluding hydrogens is 338 g/mol. The number of benzene rings is 1. The Morgan fingerprint density at radius 2 is 1.93 bits per heavy atom. The fourth-order valence-electron chi connectivity index (χ4n) is 3.45. The zero-order valence-corrected chi connectivity index (χ0v) is 14.8. The molecule has 1 saturated heterocycles. The third-order valence-corrected chi connectivity index (χ3v) is 4.96. The number of carbonyl (C=O) groups excluding carboxylic acids is 1. The number of nitrogens with one attached hydrogen (secondary N) is 1. The van der Waals surface area contributed by atoms with Crippen LogP contribution in [0.15, 0.2) is 54.9 Å². The second-order valence-electron chi connectivity index (χ2n) is 6.65. The Morgan fingerprint density at radius 1 is 1.11 bits per heavy atom. The van der Waals surface area contributed by atoms with E-state index in [0.29, 0.717) is 5.56 Å². The van der Waals surface area contributed by atoms with Crippen molar-refractivity contribution in [3.05, 3.63) is 60.4 Å². The van der Waals surface area contributed by atoms with Gasteiger partial charge in [0.25, 0.3) is 0 Å². The van der Waals surface area contributed by atoms with E-state index >= 15 is 0 Å². The van der Waals surface area contributed by atoms with Crippen LogP contribution < -0.4 is 10.2 Å². The van der Waals surface area contributed by atoms with Gasteiger partial charge in [0.15, 0.2) is 0 Å². The highest BCUT2D eigenvalue weighted by atomic mass is 16.1. The summed E-state index contributed by atoms with van der Waals surface area (Å²) in [6, 6.07) is 15.4. The second-order valence-corrected chi connectivity index (χ2v) is 6.65. The Labute approximate surface area is 157 Å². The van der Waals surface area contributed by atoms with Gasteiger partial charge in [0, 0.05) is 36.8 Å². The molecule has 0 bridgehead atoms. The van der Waals surface area contributed by atoms with Gasteiger partial charge >= 0.3 is 0 Å². The van der Waals surface area contributed by atoms with E-state index in [1.54, 1.807) is 18.5 Å². The maximum absolute atomic E-state index is 12.7. The highest BCUT2D eigenvalue weighted by Crippen LogP contribution is 2.25. The lowest BCUT2D eigenvalue weighted by molar-refractivity contribution is -0.120. The number of nitriles is 1. The average molecular weight is 357 g/mol. The number of carbonyl (C=O) groups is 1. The van der Waals surface area contributed by atoms with Gasteiger partial charge in [-0.2, -0.15) is 5.26 Å². The molecular formula is C21H19N5O. The van der Waals surface area contributed by atoms with Gasteiger partial charge in [-0.25, -0.2) is 4.98 Å². The number of hydrogen-bond acceptors (Lipinski definition) is 5. The number of rotatable bonds is 3. The standard InChI is InChI=1S/C21H19N5O/c22-13-15-6-7-19(24-14-15)26-11-8-17(9-12-26)21(27)25-18-5-1-3-16-4-2-10-23-20(16)18/h1-7,10,14,17H,8-9,11-12H2,(H,25,27). The minimum Gasteiger partial charge on any atom is -0.357 e. The predicted molar refractivity (Wildman–Crippen MR) is 104 cm³/mol. The number of anilines is 2. The maximum atomic E-state index is 12.7. The number of pyridine rings is 2. The molecule has 0 saturated carbocycles. The van der Waals surface area contributed by atoms with Crippen molar-refractivity contribution in [3.63, 3.8) is 0 Å². The van der Waals surface area contributed by atoms with Crippen molar-refractivity contribution in [2.24, 2.45) is 5.92 Å². The third kappa shape index (κ3) is 3.58. The molecule has 1 aliphatic heterocycles. The van der Waals surface area contributed by atoms with Crippen LogP contribution in [0.1, 0.15) is 18.4 Å². The quantitative estimate of drug-likeness (QED) is 0.777. The number of piperidine rings is 1. The highest BCUT2D eigenvalue weighted by Gasteiger charge is 2.26. The summed E-state index contributed by atoms with van der Waals surface area (Å²) in [6.07, 6.45) is 4.86.